The van der Waals surface area contributed by atoms with Crippen LogP contribution in [0.5, 0.6) is 0 Å². The number of benzene rings is 1. The van der Waals surface area contributed by atoms with Crippen molar-refractivity contribution in [2.45, 2.75) is 57.6 Å². The Morgan fingerprint density at radius 2 is 1.78 bits per heavy atom. The maximum atomic E-state index is 13.0. The van der Waals surface area contributed by atoms with Crippen LogP contribution in [0.3, 0.4) is 0 Å². The minimum atomic E-state index is -4.05. The van der Waals surface area contributed by atoms with Gasteiger partial charge < -0.3 is 19.9 Å². The molecule has 2 atom stereocenters. The zero-order valence-electron chi connectivity index (χ0n) is 20.9. The molecule has 9 nitrogen and oxygen atoms in total. The van der Waals surface area contributed by atoms with E-state index < -0.39 is 39.7 Å². The fourth-order valence-corrected chi connectivity index (χ4v) is 5.18. The van der Waals surface area contributed by atoms with Gasteiger partial charge in [-0.2, -0.15) is 8.42 Å². The van der Waals surface area contributed by atoms with E-state index in [4.69, 9.17) is 32.1 Å². The van der Waals surface area contributed by atoms with Crippen molar-refractivity contribution in [2.75, 3.05) is 19.7 Å². The maximum absolute atomic E-state index is 13.0. The standard InChI is InChI=1S/C24H31Cl2N3O6S/c1-14-6-8-17(9-7-14)36(32,33)34-13-16-12-29(23(31)35-24(3,4)5)11-10-18(16)28-22(30)21-20(26)19(25)15(2)27-21/h6-9,16,18,27H,10-13H2,1-5H3,(H,28,30)/t16-,18-/m0/s1. The number of hydrogen-bond acceptors (Lipinski definition) is 6. The summed E-state index contributed by atoms with van der Waals surface area (Å²) in [5, 5.41) is 3.25. The lowest BCUT2D eigenvalue weighted by Crippen LogP contribution is -2.54. The van der Waals surface area contributed by atoms with E-state index in [0.717, 1.165) is 5.56 Å². The second-order valence-electron chi connectivity index (χ2n) is 9.86. The van der Waals surface area contributed by atoms with Crippen LogP contribution in [0.4, 0.5) is 4.79 Å². The molecule has 1 aromatic carbocycles. The molecule has 3 rings (SSSR count). The molecule has 1 aliphatic rings. The van der Waals surface area contributed by atoms with Crippen LogP contribution < -0.4 is 5.32 Å². The summed E-state index contributed by atoms with van der Waals surface area (Å²) in [6, 6.07) is 5.80. The average molecular weight is 561 g/mol. The van der Waals surface area contributed by atoms with Crippen molar-refractivity contribution < 1.29 is 26.9 Å². The summed E-state index contributed by atoms with van der Waals surface area (Å²) in [6.07, 6.45) is -0.164. The van der Waals surface area contributed by atoms with Gasteiger partial charge >= 0.3 is 6.09 Å². The predicted octanol–water partition coefficient (Wildman–Crippen LogP) is 4.70. The molecule has 2 amide bonds. The topological polar surface area (TPSA) is 118 Å². The van der Waals surface area contributed by atoms with Crippen LogP contribution in [-0.4, -0.2) is 61.6 Å². The number of nitrogens with zero attached hydrogens (tertiary/aromatic N) is 1. The van der Waals surface area contributed by atoms with Crippen LogP contribution in [0.2, 0.25) is 10.0 Å². The van der Waals surface area contributed by atoms with E-state index in [0.29, 0.717) is 18.7 Å². The first-order chi connectivity index (χ1) is 16.7. The van der Waals surface area contributed by atoms with E-state index in [-0.39, 0.29) is 33.8 Å². The van der Waals surface area contributed by atoms with Crippen LogP contribution in [0.15, 0.2) is 29.2 Å². The highest BCUT2D eigenvalue weighted by Gasteiger charge is 2.36. The third-order valence-corrected chi connectivity index (χ3v) is 7.97. The van der Waals surface area contributed by atoms with Gasteiger partial charge in [-0.3, -0.25) is 8.98 Å². The average Bonchev–Trinajstić information content (AvgIpc) is 3.05. The molecule has 0 bridgehead atoms. The summed E-state index contributed by atoms with van der Waals surface area (Å²) in [7, 11) is -4.05. The smallest absolute Gasteiger partial charge is 0.410 e. The van der Waals surface area contributed by atoms with Gasteiger partial charge in [0.25, 0.3) is 16.0 Å². The van der Waals surface area contributed by atoms with Gasteiger partial charge in [0, 0.05) is 30.7 Å². The molecular weight excluding hydrogens is 529 g/mol. The Morgan fingerprint density at radius 1 is 1.14 bits per heavy atom. The highest BCUT2D eigenvalue weighted by molar-refractivity contribution is 7.86. The third kappa shape index (κ3) is 6.94. The van der Waals surface area contributed by atoms with Crippen LogP contribution in [0.25, 0.3) is 0 Å². The highest BCUT2D eigenvalue weighted by atomic mass is 35.5. The second-order valence-corrected chi connectivity index (χ2v) is 12.2. The van der Waals surface area contributed by atoms with Gasteiger partial charge in [-0.05, 0) is 53.2 Å². The summed E-state index contributed by atoms with van der Waals surface area (Å²) >= 11 is 12.3. The molecule has 1 fully saturated rings. The molecule has 0 radical (unpaired) electrons. The molecule has 0 spiro atoms. The van der Waals surface area contributed by atoms with Crippen molar-refractivity contribution >= 4 is 45.3 Å². The molecule has 198 valence electrons. The lowest BCUT2D eigenvalue weighted by atomic mass is 9.93. The Morgan fingerprint density at radius 3 is 2.33 bits per heavy atom. The van der Waals surface area contributed by atoms with Crippen molar-refractivity contribution in [2.24, 2.45) is 5.92 Å². The van der Waals surface area contributed by atoms with Crippen molar-refractivity contribution in [3.63, 3.8) is 0 Å². The van der Waals surface area contributed by atoms with E-state index in [1.807, 2.05) is 6.92 Å². The number of nitrogens with one attached hydrogen (secondary N) is 2. The van der Waals surface area contributed by atoms with E-state index in [1.54, 1.807) is 39.8 Å². The number of carbonyl (C=O) groups excluding carboxylic acids is 2. The number of aromatic nitrogens is 1. The SMILES string of the molecule is Cc1ccc(S(=O)(=O)OC[C@@H]2CN(C(=O)OC(C)(C)C)CC[C@@H]2NC(=O)c2[nH]c(C)c(Cl)c2Cl)cc1. The summed E-state index contributed by atoms with van der Waals surface area (Å²) in [5.74, 6) is -1.03. The summed E-state index contributed by atoms with van der Waals surface area (Å²) in [5.41, 5.74) is 0.886. The van der Waals surface area contributed by atoms with Gasteiger partial charge in [-0.15, -0.1) is 0 Å². The summed E-state index contributed by atoms with van der Waals surface area (Å²) < 4.78 is 36.4. The van der Waals surface area contributed by atoms with E-state index in [2.05, 4.69) is 10.3 Å². The molecule has 1 saturated heterocycles. The largest absolute Gasteiger partial charge is 0.444 e. The fourth-order valence-electron chi connectivity index (χ4n) is 3.80. The van der Waals surface area contributed by atoms with E-state index >= 15 is 0 Å². The molecule has 0 saturated carbocycles. The summed E-state index contributed by atoms with van der Waals surface area (Å²) in [6.45, 7) is 9.01. The van der Waals surface area contributed by atoms with Crippen LogP contribution in [-0.2, 0) is 19.0 Å². The number of halogens is 2. The van der Waals surface area contributed by atoms with Gasteiger partial charge in [0.1, 0.15) is 11.3 Å². The summed E-state index contributed by atoms with van der Waals surface area (Å²) in [4.78, 5) is 30.0. The van der Waals surface area contributed by atoms with Gasteiger partial charge in [-0.25, -0.2) is 4.79 Å². The van der Waals surface area contributed by atoms with Crippen molar-refractivity contribution in [1.82, 2.24) is 15.2 Å². The highest BCUT2D eigenvalue weighted by Crippen LogP contribution is 2.30. The van der Waals surface area contributed by atoms with Crippen molar-refractivity contribution in [3.05, 3.63) is 51.3 Å². The molecule has 0 aliphatic carbocycles. The number of ether oxygens (including phenoxy) is 1. The lowest BCUT2D eigenvalue weighted by Gasteiger charge is -2.39. The Balaban J connectivity index is 1.78. The van der Waals surface area contributed by atoms with Gasteiger partial charge in [-0.1, -0.05) is 40.9 Å². The number of piperidine rings is 1. The number of aromatic amines is 1. The first kappa shape index (κ1) is 28.3. The molecule has 12 heteroatoms. The molecule has 0 unspecified atom stereocenters. The van der Waals surface area contributed by atoms with Crippen molar-refractivity contribution in [1.29, 1.82) is 0 Å². The number of carbonyl (C=O) groups is 2. The van der Waals surface area contributed by atoms with E-state index in [9.17, 15) is 18.0 Å². The van der Waals surface area contributed by atoms with Gasteiger partial charge in [0.05, 0.1) is 21.5 Å². The first-order valence-electron chi connectivity index (χ1n) is 11.5. The molecular formula is C24H31Cl2N3O6S. The Labute approximate surface area is 221 Å². The Kier molecular flexibility index (Phi) is 8.65. The molecule has 2 heterocycles. The zero-order valence-corrected chi connectivity index (χ0v) is 23.2. The Bertz CT molecular complexity index is 1220. The molecule has 1 aliphatic heterocycles. The Hall–Kier alpha value is -2.27. The minimum absolute atomic E-state index is 0.0248. The fraction of sp³-hybridized carbons (Fsp3) is 0.500. The number of likely N-dealkylation sites (tertiary alicyclic amines) is 1. The minimum Gasteiger partial charge on any atom is -0.444 e. The number of H-pyrrole nitrogens is 1. The van der Waals surface area contributed by atoms with Gasteiger partial charge in [0.15, 0.2) is 0 Å². The normalized spacial score (nSPS) is 18.7. The zero-order chi connectivity index (χ0) is 26.8. The first-order valence-corrected chi connectivity index (χ1v) is 13.6. The molecule has 2 aromatic rings. The second kappa shape index (κ2) is 11.0. The number of hydrogen-bond donors (Lipinski definition) is 2. The third-order valence-electron chi connectivity index (χ3n) is 5.73. The predicted molar refractivity (Wildman–Crippen MR) is 137 cm³/mol. The quantitative estimate of drug-likeness (QED) is 0.495. The van der Waals surface area contributed by atoms with Crippen LogP contribution in [0.1, 0.15) is 48.9 Å². The molecule has 1 aromatic heterocycles. The number of rotatable bonds is 6. The van der Waals surface area contributed by atoms with Crippen molar-refractivity contribution in [3.8, 4) is 0 Å². The van der Waals surface area contributed by atoms with Gasteiger partial charge in [0.2, 0.25) is 0 Å². The molecule has 2 N–H and O–H groups in total. The van der Waals surface area contributed by atoms with Crippen LogP contribution >= 0.6 is 23.2 Å². The number of amides is 2. The number of aryl methyl sites for hydroxylation is 2. The maximum Gasteiger partial charge on any atom is 0.410 e. The lowest BCUT2D eigenvalue weighted by molar-refractivity contribution is 0.0101. The monoisotopic (exact) mass is 559 g/mol. The van der Waals surface area contributed by atoms with Crippen LogP contribution in [0, 0.1) is 19.8 Å². The van der Waals surface area contributed by atoms with E-state index in [1.165, 1.54) is 17.0 Å². The molecule has 36 heavy (non-hydrogen) atoms.